The number of nitrogens with two attached hydrogens (primary N) is 2. The van der Waals surface area contributed by atoms with Gasteiger partial charge >= 0.3 is 0 Å². The highest BCUT2D eigenvalue weighted by molar-refractivity contribution is 7.99. The first-order chi connectivity index (χ1) is 7.58. The van der Waals surface area contributed by atoms with Crippen molar-refractivity contribution in [3.8, 4) is 0 Å². The van der Waals surface area contributed by atoms with Gasteiger partial charge in [-0.25, -0.2) is 0 Å². The molecule has 0 aliphatic carbocycles. The van der Waals surface area contributed by atoms with Crippen molar-refractivity contribution in [3.05, 3.63) is 28.8 Å². The van der Waals surface area contributed by atoms with Crippen LogP contribution in [0.5, 0.6) is 0 Å². The molecule has 16 heavy (non-hydrogen) atoms. The van der Waals surface area contributed by atoms with Crippen molar-refractivity contribution >= 4 is 29.1 Å². The van der Waals surface area contributed by atoms with Crippen LogP contribution in [-0.2, 0) is 4.79 Å². The monoisotopic (exact) mass is 256 g/mol. The summed E-state index contributed by atoms with van der Waals surface area (Å²) >= 11 is 7.69. The number of Topliss-reactive ketones (excluding diaryl/α,β-unsaturated/α-hetero) is 1. The normalized spacial score (nSPS) is 18.9. The van der Waals surface area contributed by atoms with Gasteiger partial charge in [-0.2, -0.15) is 0 Å². The van der Waals surface area contributed by atoms with E-state index in [1.165, 1.54) is 4.90 Å². The standard InChI is InChI=1S/C11H13ClN2OS/c12-7-1-2-10-8(4-7)6(5-16-10)3-9(15)11(13)14/h1-2,4,6,11H,3,5,13-14H2. The second-order valence-electron chi connectivity index (χ2n) is 3.89. The Morgan fingerprint density at radius 1 is 1.56 bits per heavy atom. The van der Waals surface area contributed by atoms with Crippen LogP contribution >= 0.6 is 23.4 Å². The summed E-state index contributed by atoms with van der Waals surface area (Å²) in [6, 6.07) is 5.79. The lowest BCUT2D eigenvalue weighted by Gasteiger charge is -2.11. The second-order valence-corrected chi connectivity index (χ2v) is 5.38. The maximum Gasteiger partial charge on any atom is 0.164 e. The summed E-state index contributed by atoms with van der Waals surface area (Å²) in [5.41, 5.74) is 11.9. The molecule has 0 aromatic heterocycles. The fraction of sp³-hybridized carbons (Fsp3) is 0.364. The fourth-order valence-corrected chi connectivity index (χ4v) is 3.21. The molecule has 2 rings (SSSR count). The highest BCUT2D eigenvalue weighted by Gasteiger charge is 2.26. The van der Waals surface area contributed by atoms with Crippen molar-refractivity contribution in [3.63, 3.8) is 0 Å². The Bertz CT molecular complexity index is 422. The van der Waals surface area contributed by atoms with E-state index in [-0.39, 0.29) is 11.7 Å². The maximum atomic E-state index is 11.5. The summed E-state index contributed by atoms with van der Waals surface area (Å²) in [5, 5.41) is 0.704. The molecule has 1 aliphatic heterocycles. The van der Waals surface area contributed by atoms with E-state index >= 15 is 0 Å². The van der Waals surface area contributed by atoms with Crippen molar-refractivity contribution in [2.24, 2.45) is 11.5 Å². The third-order valence-corrected chi connectivity index (χ3v) is 4.16. The van der Waals surface area contributed by atoms with E-state index in [1.807, 2.05) is 18.2 Å². The van der Waals surface area contributed by atoms with Crippen molar-refractivity contribution in [1.29, 1.82) is 0 Å². The number of fused-ring (bicyclic) bond motifs is 1. The molecule has 4 N–H and O–H groups in total. The summed E-state index contributed by atoms with van der Waals surface area (Å²) in [7, 11) is 0. The van der Waals surface area contributed by atoms with Crippen LogP contribution in [0.1, 0.15) is 17.9 Å². The molecular formula is C11H13ClN2OS. The van der Waals surface area contributed by atoms with Gasteiger partial charge in [0, 0.05) is 28.0 Å². The molecule has 0 spiro atoms. The minimum Gasteiger partial charge on any atom is -0.310 e. The van der Waals surface area contributed by atoms with E-state index in [4.69, 9.17) is 23.1 Å². The van der Waals surface area contributed by atoms with Crippen LogP contribution in [0.15, 0.2) is 23.1 Å². The number of rotatable bonds is 3. The first-order valence-corrected chi connectivity index (χ1v) is 6.40. The number of thioether (sulfide) groups is 1. The zero-order chi connectivity index (χ0) is 11.7. The van der Waals surface area contributed by atoms with E-state index in [0.29, 0.717) is 11.4 Å². The summed E-state index contributed by atoms with van der Waals surface area (Å²) in [5.74, 6) is 0.993. The molecule has 0 saturated heterocycles. The maximum absolute atomic E-state index is 11.5. The molecular weight excluding hydrogens is 244 g/mol. The van der Waals surface area contributed by atoms with Crippen LogP contribution in [0.2, 0.25) is 5.02 Å². The van der Waals surface area contributed by atoms with Gasteiger partial charge in [0.15, 0.2) is 5.78 Å². The number of benzene rings is 1. The minimum atomic E-state index is -0.867. The van der Waals surface area contributed by atoms with Gasteiger partial charge in [0.1, 0.15) is 6.17 Å². The molecule has 0 bridgehead atoms. The van der Waals surface area contributed by atoms with Crippen LogP contribution in [0.25, 0.3) is 0 Å². The molecule has 0 saturated carbocycles. The number of carbonyl (C=O) groups is 1. The molecule has 1 aromatic carbocycles. The van der Waals surface area contributed by atoms with Gasteiger partial charge in [0.05, 0.1) is 0 Å². The van der Waals surface area contributed by atoms with Crippen LogP contribution in [0.3, 0.4) is 0 Å². The molecule has 1 aliphatic rings. The van der Waals surface area contributed by atoms with E-state index in [0.717, 1.165) is 11.3 Å². The Kier molecular flexibility index (Phi) is 3.54. The Morgan fingerprint density at radius 2 is 2.31 bits per heavy atom. The number of hydrogen-bond donors (Lipinski definition) is 2. The third kappa shape index (κ3) is 2.40. The van der Waals surface area contributed by atoms with Crippen molar-refractivity contribution in [1.82, 2.24) is 0 Å². The van der Waals surface area contributed by atoms with Gasteiger partial charge in [-0.3, -0.25) is 4.79 Å². The quantitative estimate of drug-likeness (QED) is 0.809. The predicted octanol–water partition coefficient (Wildman–Crippen LogP) is 1.73. The van der Waals surface area contributed by atoms with Crippen LogP contribution in [0.4, 0.5) is 0 Å². The lowest BCUT2D eigenvalue weighted by atomic mass is 9.95. The van der Waals surface area contributed by atoms with Crippen LogP contribution in [-0.4, -0.2) is 17.7 Å². The topological polar surface area (TPSA) is 69.1 Å². The molecule has 0 radical (unpaired) electrons. The highest BCUT2D eigenvalue weighted by Crippen LogP contribution is 2.42. The molecule has 0 fully saturated rings. The van der Waals surface area contributed by atoms with Crippen LogP contribution in [0, 0.1) is 0 Å². The summed E-state index contributed by atoms with van der Waals surface area (Å²) < 4.78 is 0. The average molecular weight is 257 g/mol. The third-order valence-electron chi connectivity index (χ3n) is 2.67. The summed E-state index contributed by atoms with van der Waals surface area (Å²) in [4.78, 5) is 12.7. The number of ketones is 1. The van der Waals surface area contributed by atoms with Gasteiger partial charge in [-0.05, 0) is 23.8 Å². The van der Waals surface area contributed by atoms with Crippen molar-refractivity contribution in [2.45, 2.75) is 23.4 Å². The molecule has 0 amide bonds. The van der Waals surface area contributed by atoms with E-state index in [9.17, 15) is 4.79 Å². The fourth-order valence-electron chi connectivity index (χ4n) is 1.80. The lowest BCUT2D eigenvalue weighted by Crippen LogP contribution is -2.39. The number of hydrogen-bond acceptors (Lipinski definition) is 4. The molecule has 5 heteroatoms. The number of halogens is 1. The van der Waals surface area contributed by atoms with Crippen molar-refractivity contribution < 1.29 is 4.79 Å². The van der Waals surface area contributed by atoms with Gasteiger partial charge < -0.3 is 11.5 Å². The Balaban J connectivity index is 2.17. The smallest absolute Gasteiger partial charge is 0.164 e. The Labute approximate surface area is 104 Å². The zero-order valence-corrected chi connectivity index (χ0v) is 10.2. The second kappa shape index (κ2) is 4.75. The Morgan fingerprint density at radius 3 is 3.00 bits per heavy atom. The van der Waals surface area contributed by atoms with Crippen molar-refractivity contribution in [2.75, 3.05) is 5.75 Å². The Hall–Kier alpha value is -0.550. The first kappa shape index (κ1) is 11.9. The highest BCUT2D eigenvalue weighted by atomic mass is 35.5. The molecule has 1 aromatic rings. The predicted molar refractivity (Wildman–Crippen MR) is 66.7 cm³/mol. The van der Waals surface area contributed by atoms with Crippen LogP contribution < -0.4 is 11.5 Å². The SMILES string of the molecule is NC(N)C(=O)CC1CSc2ccc(Cl)cc21. The van der Waals surface area contributed by atoms with Gasteiger partial charge in [0.25, 0.3) is 0 Å². The van der Waals surface area contributed by atoms with Gasteiger partial charge in [0.2, 0.25) is 0 Å². The molecule has 3 nitrogen and oxygen atoms in total. The van der Waals surface area contributed by atoms with Gasteiger partial charge in [-0.1, -0.05) is 11.6 Å². The van der Waals surface area contributed by atoms with E-state index in [1.54, 1.807) is 11.8 Å². The molecule has 1 heterocycles. The summed E-state index contributed by atoms with van der Waals surface area (Å²) in [6.07, 6.45) is -0.467. The minimum absolute atomic E-state index is 0.0987. The molecule has 86 valence electrons. The number of carbonyl (C=O) groups excluding carboxylic acids is 1. The first-order valence-electron chi connectivity index (χ1n) is 5.04. The average Bonchev–Trinajstić information content (AvgIpc) is 2.61. The van der Waals surface area contributed by atoms with Gasteiger partial charge in [-0.15, -0.1) is 11.8 Å². The lowest BCUT2D eigenvalue weighted by molar-refractivity contribution is -0.120. The van der Waals surface area contributed by atoms with E-state index in [2.05, 4.69) is 0 Å². The van der Waals surface area contributed by atoms with E-state index < -0.39 is 6.17 Å². The zero-order valence-electron chi connectivity index (χ0n) is 8.65. The molecule has 1 atom stereocenters. The molecule has 1 unspecified atom stereocenters. The summed E-state index contributed by atoms with van der Waals surface area (Å²) in [6.45, 7) is 0. The largest absolute Gasteiger partial charge is 0.310 e.